The number of allylic oxidation sites excluding steroid dienone is 5. The Kier molecular flexibility index (Phi) is 11.6. The molecule has 0 fully saturated rings. The zero-order chi connectivity index (χ0) is 26.7. The van der Waals surface area contributed by atoms with Crippen molar-refractivity contribution in [1.29, 1.82) is 0 Å². The van der Waals surface area contributed by atoms with E-state index in [0.717, 1.165) is 12.1 Å². The number of benzene rings is 2. The van der Waals surface area contributed by atoms with E-state index in [1.54, 1.807) is 18.2 Å². The van der Waals surface area contributed by atoms with Crippen molar-refractivity contribution in [2.45, 2.75) is 9.79 Å². The molecule has 0 bridgehead atoms. The first-order valence-electron chi connectivity index (χ1n) is 9.41. The summed E-state index contributed by atoms with van der Waals surface area (Å²) in [5.74, 6) is -3.05. The predicted octanol–water partition coefficient (Wildman–Crippen LogP) is -2.07. The SMILES string of the molecule is Nc1cc(S(=O)(=O)[O-])cc(N=N/C(N=Nc2cc(S(=O)(=O)[O-])ccc2C(=O)[O-])=C2\C=CC=C[CH-]2)c1[O-].[Cu+2].[Na+]. The average Bonchev–Trinajstić information content (AvgIpc) is 2.80. The molecule has 38 heavy (non-hydrogen) atoms. The molecule has 197 valence electrons. The standard InChI is InChI=1S/C20H16N5O9S2.Cu.Na/c21-15-8-13(36(32,33)34)10-17(18(15)26)23-25-19(11-4-2-1-3-5-11)24-22-16-9-12(35(29,30)31)6-7-14(16)20(27)28;;/h1-10,26H,21H2,(H,27,28)(H,29,30,31)(H,32,33,34);;/q-1;+2;+1/p-4. The Labute approximate surface area is 249 Å². The van der Waals surface area contributed by atoms with Gasteiger partial charge in [0, 0.05) is 11.3 Å². The average molecular weight is 617 g/mol. The number of nitrogen functional groups attached to an aromatic ring is 1. The second kappa shape index (κ2) is 13.3. The van der Waals surface area contributed by atoms with Crippen LogP contribution in [0, 0.1) is 6.42 Å². The Balaban J connectivity index is 0.00000361. The number of nitrogens with zero attached hydrogens (tertiary/aromatic N) is 4. The third-order valence-corrected chi connectivity index (χ3v) is 6.02. The number of anilines is 1. The fourth-order valence-corrected chi connectivity index (χ4v) is 3.69. The van der Waals surface area contributed by atoms with E-state index < -0.39 is 64.4 Å². The molecule has 0 atom stereocenters. The molecule has 0 heterocycles. The second-order valence-corrected chi connectivity index (χ2v) is 9.58. The molecule has 3 rings (SSSR count). The Morgan fingerprint density at radius 3 is 2.00 bits per heavy atom. The van der Waals surface area contributed by atoms with Crippen molar-refractivity contribution in [2.24, 2.45) is 20.5 Å². The van der Waals surface area contributed by atoms with Crippen LogP contribution < -0.4 is 45.5 Å². The number of carboxylic acid groups (broad SMARTS) is 1. The van der Waals surface area contributed by atoms with Gasteiger partial charge in [0.05, 0.1) is 27.1 Å². The molecule has 14 nitrogen and oxygen atoms in total. The zero-order valence-electron chi connectivity index (χ0n) is 18.9. The van der Waals surface area contributed by atoms with Crippen LogP contribution in [0.2, 0.25) is 0 Å². The third kappa shape index (κ3) is 8.32. The minimum atomic E-state index is -4.99. The number of aromatic carboxylic acids is 1. The smallest absolute Gasteiger partial charge is 0.870 e. The number of carbonyl (C=O) groups is 1. The molecule has 2 N–H and O–H groups in total. The molecule has 1 radical (unpaired) electrons. The molecule has 0 spiro atoms. The van der Waals surface area contributed by atoms with Crippen LogP contribution in [-0.2, 0) is 37.3 Å². The minimum Gasteiger partial charge on any atom is -0.870 e. The van der Waals surface area contributed by atoms with Gasteiger partial charge in [-0.05, 0) is 30.3 Å². The molecule has 1 aliphatic rings. The number of carboxylic acids is 1. The maximum atomic E-state index is 12.2. The van der Waals surface area contributed by atoms with E-state index in [1.165, 1.54) is 12.5 Å². The summed E-state index contributed by atoms with van der Waals surface area (Å²) in [7, 11) is -9.95. The first-order valence-corrected chi connectivity index (χ1v) is 12.2. The van der Waals surface area contributed by atoms with E-state index >= 15 is 0 Å². The van der Waals surface area contributed by atoms with Crippen molar-refractivity contribution in [3.63, 3.8) is 0 Å². The van der Waals surface area contributed by atoms with Crippen LogP contribution in [0.15, 0.2) is 96.3 Å². The van der Waals surface area contributed by atoms with Gasteiger partial charge < -0.3 is 29.8 Å². The Morgan fingerprint density at radius 1 is 0.895 bits per heavy atom. The quantitative estimate of drug-likeness (QED) is 0.117. The maximum Gasteiger partial charge on any atom is 2.00 e. The van der Waals surface area contributed by atoms with Gasteiger partial charge in [0.1, 0.15) is 26.1 Å². The van der Waals surface area contributed by atoms with Crippen LogP contribution in [-0.4, -0.2) is 31.9 Å². The van der Waals surface area contributed by atoms with Gasteiger partial charge in [-0.2, -0.15) is 20.5 Å². The van der Waals surface area contributed by atoms with Crippen molar-refractivity contribution < 1.29 is 87.6 Å². The first-order chi connectivity index (χ1) is 16.8. The Hall–Kier alpha value is -2.86. The number of hydrogen-bond acceptors (Lipinski definition) is 14. The van der Waals surface area contributed by atoms with Crippen molar-refractivity contribution in [2.75, 3.05) is 5.73 Å². The van der Waals surface area contributed by atoms with Crippen LogP contribution in [0.4, 0.5) is 17.1 Å². The molecular weight excluding hydrogens is 605 g/mol. The first kappa shape index (κ1) is 33.2. The number of azo groups is 2. The summed E-state index contributed by atoms with van der Waals surface area (Å²) in [6.07, 6.45) is 7.68. The fraction of sp³-hybridized carbons (Fsp3) is 0. The molecule has 0 amide bonds. The maximum absolute atomic E-state index is 12.2. The van der Waals surface area contributed by atoms with E-state index in [4.69, 9.17) is 5.73 Å². The normalized spacial score (nSPS) is 14.6. The van der Waals surface area contributed by atoms with Crippen LogP contribution in [0.1, 0.15) is 10.4 Å². The summed E-state index contributed by atoms with van der Waals surface area (Å²) in [5, 5.41) is 38.4. The molecule has 0 aromatic heterocycles. The van der Waals surface area contributed by atoms with E-state index in [-0.39, 0.29) is 58.0 Å². The zero-order valence-corrected chi connectivity index (χ0v) is 23.5. The van der Waals surface area contributed by atoms with Crippen LogP contribution >= 0.6 is 0 Å². The molecule has 0 aliphatic heterocycles. The van der Waals surface area contributed by atoms with Crippen molar-refractivity contribution in [3.8, 4) is 5.75 Å². The van der Waals surface area contributed by atoms with Gasteiger partial charge in [-0.15, -0.1) is 36.3 Å². The van der Waals surface area contributed by atoms with Crippen molar-refractivity contribution in [3.05, 3.63) is 78.0 Å². The Morgan fingerprint density at radius 2 is 1.47 bits per heavy atom. The van der Waals surface area contributed by atoms with Gasteiger partial charge in [0.25, 0.3) is 0 Å². The van der Waals surface area contributed by atoms with Crippen LogP contribution in [0.5, 0.6) is 5.75 Å². The summed E-state index contributed by atoms with van der Waals surface area (Å²) >= 11 is 0. The van der Waals surface area contributed by atoms with Gasteiger partial charge >= 0.3 is 46.6 Å². The minimum absolute atomic E-state index is 0. The molecular formula is C20H12CuN5NaO9S2-2. The third-order valence-electron chi connectivity index (χ3n) is 4.37. The number of nitrogens with two attached hydrogens (primary N) is 1. The second-order valence-electron chi connectivity index (χ2n) is 6.83. The van der Waals surface area contributed by atoms with Crippen molar-refractivity contribution in [1.82, 2.24) is 0 Å². The molecule has 0 saturated carbocycles. The van der Waals surface area contributed by atoms with Gasteiger partial charge in [0.2, 0.25) is 0 Å². The van der Waals surface area contributed by atoms with Crippen LogP contribution in [0.25, 0.3) is 0 Å². The molecule has 0 unspecified atom stereocenters. The molecule has 1 aliphatic carbocycles. The summed E-state index contributed by atoms with van der Waals surface area (Å²) in [4.78, 5) is 9.77. The van der Waals surface area contributed by atoms with Crippen molar-refractivity contribution >= 4 is 43.3 Å². The van der Waals surface area contributed by atoms with E-state index in [2.05, 4.69) is 20.5 Å². The fourth-order valence-electron chi connectivity index (χ4n) is 2.67. The van der Waals surface area contributed by atoms with Crippen LogP contribution in [0.3, 0.4) is 0 Å². The number of hydrogen-bond donors (Lipinski definition) is 1. The number of carbonyl (C=O) groups excluding carboxylic acids is 1. The molecule has 18 heteroatoms. The van der Waals surface area contributed by atoms with Gasteiger partial charge in [-0.3, -0.25) is 0 Å². The molecule has 0 saturated heterocycles. The summed E-state index contributed by atoms with van der Waals surface area (Å²) in [6.45, 7) is 0. The summed E-state index contributed by atoms with van der Waals surface area (Å²) in [5.41, 5.74) is 3.31. The monoisotopic (exact) mass is 616 g/mol. The number of rotatable bonds is 7. The largest absolute Gasteiger partial charge is 2.00 e. The van der Waals surface area contributed by atoms with E-state index in [9.17, 15) is 40.9 Å². The van der Waals surface area contributed by atoms with Gasteiger partial charge in [-0.1, -0.05) is 5.75 Å². The molecule has 2 aromatic carbocycles. The van der Waals surface area contributed by atoms with E-state index in [1.807, 2.05) is 0 Å². The Bertz CT molecular complexity index is 1620. The van der Waals surface area contributed by atoms with Gasteiger partial charge in [0.15, 0.2) is 0 Å². The summed E-state index contributed by atoms with van der Waals surface area (Å²) in [6, 6.07) is 3.53. The topological polar surface area (TPSA) is 253 Å². The molecule has 2 aromatic rings. The van der Waals surface area contributed by atoms with E-state index in [0.29, 0.717) is 18.2 Å². The van der Waals surface area contributed by atoms with Gasteiger partial charge in [-0.25, -0.2) is 16.8 Å². The predicted molar refractivity (Wildman–Crippen MR) is 116 cm³/mol. The summed E-state index contributed by atoms with van der Waals surface area (Å²) < 4.78 is 67.9.